The van der Waals surface area contributed by atoms with E-state index in [-0.39, 0.29) is 18.9 Å². The average molecular weight is 347 g/mol. The fraction of sp³-hybridized carbons (Fsp3) is 0.400. The van der Waals surface area contributed by atoms with Gasteiger partial charge in [-0.3, -0.25) is 14.6 Å². The highest BCUT2D eigenvalue weighted by molar-refractivity contribution is 6.09. The van der Waals surface area contributed by atoms with Crippen molar-refractivity contribution in [3.63, 3.8) is 0 Å². The average Bonchev–Trinajstić information content (AvgIpc) is 2.50. The Balaban J connectivity index is 3.11. The number of aliphatic imine (C=N–C) groups is 1. The van der Waals surface area contributed by atoms with Gasteiger partial charge in [0, 0.05) is 6.21 Å². The summed E-state index contributed by atoms with van der Waals surface area (Å²) in [6.07, 6.45) is 0.836. The van der Waals surface area contributed by atoms with Gasteiger partial charge < -0.3 is 14.2 Å². The maximum Gasteiger partial charge on any atom is 0.387 e. The molecule has 6 nitrogen and oxygen atoms in total. The molecule has 0 unspecified atom stereocenters. The van der Waals surface area contributed by atoms with Gasteiger partial charge in [-0.05, 0) is 26.0 Å². The van der Waals surface area contributed by atoms with E-state index < -0.39 is 36.0 Å². The van der Waals surface area contributed by atoms with Crippen LogP contribution in [0.1, 0.15) is 13.8 Å². The largest absolute Gasteiger partial charge is 0.465 e. The van der Waals surface area contributed by atoms with Crippen LogP contribution in [0.5, 0.6) is 5.75 Å². The van der Waals surface area contributed by atoms with Gasteiger partial charge in [0.15, 0.2) is 17.5 Å². The Morgan fingerprint density at radius 2 is 1.75 bits per heavy atom. The number of carbonyl (C=O) groups is 2. The molecular formula is C15H16F3NO5. The van der Waals surface area contributed by atoms with Crippen molar-refractivity contribution in [3.8, 4) is 5.75 Å². The molecule has 132 valence electrons. The standard InChI is InChI=1S/C15H16F3NO5/c1-3-22-13(20)9(14(21)23-4-2)8-19-11-7-5-6-10(16)12(11)24-15(17)18/h5-9,15H,3-4H2,1-2H3. The molecule has 0 radical (unpaired) electrons. The highest BCUT2D eigenvalue weighted by Gasteiger charge is 2.28. The van der Waals surface area contributed by atoms with E-state index >= 15 is 0 Å². The first-order valence-corrected chi connectivity index (χ1v) is 7.01. The number of carbonyl (C=O) groups excluding carboxylic acids is 2. The van der Waals surface area contributed by atoms with Crippen LogP contribution in [0.4, 0.5) is 18.9 Å². The molecule has 1 aromatic rings. The number of ether oxygens (including phenoxy) is 3. The summed E-state index contributed by atoms with van der Waals surface area (Å²) in [5, 5.41) is 0. The molecule has 0 saturated carbocycles. The smallest absolute Gasteiger partial charge is 0.387 e. The van der Waals surface area contributed by atoms with Crippen molar-refractivity contribution in [1.82, 2.24) is 0 Å². The number of hydrogen-bond donors (Lipinski definition) is 0. The fourth-order valence-corrected chi connectivity index (χ4v) is 1.64. The van der Waals surface area contributed by atoms with Crippen LogP contribution in [0.2, 0.25) is 0 Å². The number of benzene rings is 1. The molecule has 0 saturated heterocycles. The van der Waals surface area contributed by atoms with Crippen LogP contribution in [-0.4, -0.2) is 38.0 Å². The summed E-state index contributed by atoms with van der Waals surface area (Å²) in [5.74, 6) is -5.21. The molecule has 0 atom stereocenters. The molecule has 0 aliphatic carbocycles. The first-order valence-electron chi connectivity index (χ1n) is 7.01. The molecular weight excluding hydrogens is 331 g/mol. The summed E-state index contributed by atoms with van der Waals surface area (Å²) < 4.78 is 51.8. The number of nitrogens with zero attached hydrogens (tertiary/aromatic N) is 1. The zero-order valence-corrected chi connectivity index (χ0v) is 13.0. The van der Waals surface area contributed by atoms with Gasteiger partial charge in [-0.2, -0.15) is 8.78 Å². The van der Waals surface area contributed by atoms with Gasteiger partial charge in [-0.15, -0.1) is 0 Å². The molecule has 0 aliphatic rings. The van der Waals surface area contributed by atoms with Crippen molar-refractivity contribution in [2.24, 2.45) is 10.9 Å². The quantitative estimate of drug-likeness (QED) is 0.411. The molecule has 1 rings (SSSR count). The highest BCUT2D eigenvalue weighted by Crippen LogP contribution is 2.31. The van der Waals surface area contributed by atoms with Crippen LogP contribution in [-0.2, 0) is 19.1 Å². The summed E-state index contributed by atoms with van der Waals surface area (Å²) in [7, 11) is 0. The zero-order valence-electron chi connectivity index (χ0n) is 13.0. The van der Waals surface area contributed by atoms with Gasteiger partial charge in [-0.1, -0.05) is 6.07 Å². The number of alkyl halides is 2. The van der Waals surface area contributed by atoms with E-state index in [9.17, 15) is 22.8 Å². The lowest BCUT2D eigenvalue weighted by atomic mass is 10.1. The van der Waals surface area contributed by atoms with Crippen LogP contribution in [0.3, 0.4) is 0 Å². The third-order valence-electron chi connectivity index (χ3n) is 2.60. The van der Waals surface area contributed by atoms with E-state index in [0.717, 1.165) is 12.3 Å². The van der Waals surface area contributed by atoms with Crippen molar-refractivity contribution in [1.29, 1.82) is 0 Å². The van der Waals surface area contributed by atoms with Crippen LogP contribution >= 0.6 is 0 Å². The van der Waals surface area contributed by atoms with Crippen molar-refractivity contribution in [2.75, 3.05) is 13.2 Å². The number of halogens is 3. The second-order valence-electron chi connectivity index (χ2n) is 4.23. The van der Waals surface area contributed by atoms with Crippen LogP contribution in [0, 0.1) is 11.7 Å². The van der Waals surface area contributed by atoms with E-state index in [1.165, 1.54) is 12.1 Å². The van der Waals surface area contributed by atoms with Gasteiger partial charge >= 0.3 is 18.6 Å². The van der Waals surface area contributed by atoms with E-state index in [0.29, 0.717) is 0 Å². The van der Waals surface area contributed by atoms with E-state index in [1.54, 1.807) is 13.8 Å². The maximum atomic E-state index is 13.6. The lowest BCUT2D eigenvalue weighted by Crippen LogP contribution is -2.29. The number of esters is 2. The molecule has 0 spiro atoms. The third kappa shape index (κ3) is 5.56. The third-order valence-corrected chi connectivity index (χ3v) is 2.60. The maximum absolute atomic E-state index is 13.6. The Morgan fingerprint density at radius 1 is 1.17 bits per heavy atom. The van der Waals surface area contributed by atoms with Gasteiger partial charge in [0.1, 0.15) is 5.69 Å². The first-order chi connectivity index (χ1) is 11.4. The summed E-state index contributed by atoms with van der Waals surface area (Å²) in [4.78, 5) is 27.2. The zero-order chi connectivity index (χ0) is 18.1. The minimum Gasteiger partial charge on any atom is -0.465 e. The van der Waals surface area contributed by atoms with Crippen LogP contribution < -0.4 is 4.74 Å². The van der Waals surface area contributed by atoms with Gasteiger partial charge in [-0.25, -0.2) is 4.39 Å². The number of rotatable bonds is 8. The molecule has 9 heteroatoms. The lowest BCUT2D eigenvalue weighted by molar-refractivity contribution is -0.157. The molecule has 1 aromatic carbocycles. The van der Waals surface area contributed by atoms with Gasteiger partial charge in [0.25, 0.3) is 0 Å². The Labute approximate surface area is 136 Å². The van der Waals surface area contributed by atoms with E-state index in [2.05, 4.69) is 9.73 Å². The Hall–Kier alpha value is -2.58. The summed E-state index contributed by atoms with van der Waals surface area (Å²) >= 11 is 0. The summed E-state index contributed by atoms with van der Waals surface area (Å²) in [6, 6.07) is 3.31. The first kappa shape index (κ1) is 19.5. The summed E-state index contributed by atoms with van der Waals surface area (Å²) in [5.41, 5.74) is -0.311. The molecule has 24 heavy (non-hydrogen) atoms. The molecule has 0 aliphatic heterocycles. The predicted molar refractivity (Wildman–Crippen MR) is 77.9 cm³/mol. The van der Waals surface area contributed by atoms with Crippen LogP contribution in [0.15, 0.2) is 23.2 Å². The van der Waals surface area contributed by atoms with Crippen molar-refractivity contribution in [2.45, 2.75) is 20.5 Å². The molecule has 0 aromatic heterocycles. The number of para-hydroxylation sites is 1. The van der Waals surface area contributed by atoms with Crippen molar-refractivity contribution >= 4 is 23.8 Å². The Kier molecular flexibility index (Phi) is 7.73. The molecule has 0 heterocycles. The van der Waals surface area contributed by atoms with Crippen molar-refractivity contribution < 1.29 is 37.0 Å². The predicted octanol–water partition coefficient (Wildman–Crippen LogP) is 2.87. The fourth-order valence-electron chi connectivity index (χ4n) is 1.64. The minimum atomic E-state index is -3.26. The molecule has 0 N–H and O–H groups in total. The van der Waals surface area contributed by atoms with Gasteiger partial charge in [0.05, 0.1) is 13.2 Å². The molecule has 0 fully saturated rings. The number of hydrogen-bond acceptors (Lipinski definition) is 6. The minimum absolute atomic E-state index is 0.0162. The second-order valence-corrected chi connectivity index (χ2v) is 4.23. The van der Waals surface area contributed by atoms with Crippen LogP contribution in [0.25, 0.3) is 0 Å². The lowest BCUT2D eigenvalue weighted by Gasteiger charge is -2.11. The summed E-state index contributed by atoms with van der Waals surface area (Å²) in [6.45, 7) is -0.150. The van der Waals surface area contributed by atoms with E-state index in [4.69, 9.17) is 9.47 Å². The normalized spacial score (nSPS) is 11.1. The topological polar surface area (TPSA) is 74.2 Å². The van der Waals surface area contributed by atoms with Gasteiger partial charge in [0.2, 0.25) is 0 Å². The molecule has 0 bridgehead atoms. The highest BCUT2D eigenvalue weighted by atomic mass is 19.3. The molecule has 0 amide bonds. The SMILES string of the molecule is CCOC(=O)C(C=Nc1cccc(F)c1OC(F)F)C(=O)OCC. The van der Waals surface area contributed by atoms with E-state index in [1.807, 2.05) is 0 Å². The van der Waals surface area contributed by atoms with Crippen molar-refractivity contribution in [3.05, 3.63) is 24.0 Å². The Morgan fingerprint density at radius 3 is 2.25 bits per heavy atom. The Bertz CT molecular complexity index is 589. The second kappa shape index (κ2) is 9.53. The monoisotopic (exact) mass is 347 g/mol.